The molecular weight excluding hydrogens is 355 g/mol. The number of hydrogen-bond donors (Lipinski definition) is 0. The number of benzene rings is 1. The van der Waals surface area contributed by atoms with Crippen molar-refractivity contribution in [2.45, 2.75) is 25.3 Å². The van der Waals surface area contributed by atoms with Crippen molar-refractivity contribution >= 4 is 21.8 Å². The van der Waals surface area contributed by atoms with Gasteiger partial charge in [0.2, 0.25) is 5.91 Å². The number of nitrogens with zero attached hydrogens (tertiary/aromatic N) is 2. The van der Waals surface area contributed by atoms with Gasteiger partial charge in [-0.15, -0.1) is 0 Å². The SMILES string of the molecule is O=C(CC=Cc1ccc(F)cc1)N1CCC(N2CCS(=O)(=O)CC2)CC1. The molecule has 1 aromatic rings. The van der Waals surface area contributed by atoms with Crippen molar-refractivity contribution in [2.75, 3.05) is 37.7 Å². The van der Waals surface area contributed by atoms with Gasteiger partial charge in [-0.3, -0.25) is 9.69 Å². The maximum atomic E-state index is 12.9. The fourth-order valence-electron chi connectivity index (χ4n) is 3.57. The van der Waals surface area contributed by atoms with E-state index in [9.17, 15) is 17.6 Å². The standard InChI is InChI=1S/C19H25FN2O3S/c20-17-6-4-16(5-7-17)2-1-3-19(23)22-10-8-18(9-11-22)21-12-14-26(24,25)15-13-21/h1-2,4-7,18H,3,8-15H2. The molecule has 2 heterocycles. The van der Waals surface area contributed by atoms with Crippen LogP contribution in [0.2, 0.25) is 0 Å². The molecule has 0 aromatic heterocycles. The highest BCUT2D eigenvalue weighted by molar-refractivity contribution is 7.91. The van der Waals surface area contributed by atoms with Crippen LogP contribution in [0.1, 0.15) is 24.8 Å². The Labute approximate surface area is 154 Å². The fraction of sp³-hybridized carbons (Fsp3) is 0.526. The van der Waals surface area contributed by atoms with Gasteiger partial charge in [-0.05, 0) is 30.5 Å². The first-order chi connectivity index (χ1) is 12.4. The van der Waals surface area contributed by atoms with Crippen LogP contribution in [0, 0.1) is 5.82 Å². The second-order valence-electron chi connectivity index (χ2n) is 6.96. The van der Waals surface area contributed by atoms with Gasteiger partial charge in [-0.25, -0.2) is 12.8 Å². The minimum Gasteiger partial charge on any atom is -0.342 e. The molecular formula is C19H25FN2O3S. The van der Waals surface area contributed by atoms with E-state index in [1.165, 1.54) is 12.1 Å². The largest absolute Gasteiger partial charge is 0.342 e. The molecule has 5 nitrogen and oxygen atoms in total. The highest BCUT2D eigenvalue weighted by Crippen LogP contribution is 2.19. The number of carbonyl (C=O) groups excluding carboxylic acids is 1. The molecule has 0 radical (unpaired) electrons. The number of amides is 1. The summed E-state index contributed by atoms with van der Waals surface area (Å²) >= 11 is 0. The Morgan fingerprint density at radius 1 is 1.08 bits per heavy atom. The summed E-state index contributed by atoms with van der Waals surface area (Å²) in [6.45, 7) is 2.66. The zero-order valence-corrected chi connectivity index (χ0v) is 15.6. The van der Waals surface area contributed by atoms with Gasteiger partial charge in [0.1, 0.15) is 5.82 Å². The Hall–Kier alpha value is -1.73. The van der Waals surface area contributed by atoms with E-state index in [1.807, 2.05) is 17.1 Å². The molecule has 0 unspecified atom stereocenters. The minimum atomic E-state index is -2.85. The lowest BCUT2D eigenvalue weighted by atomic mass is 10.0. The van der Waals surface area contributed by atoms with Crippen molar-refractivity contribution in [3.8, 4) is 0 Å². The van der Waals surface area contributed by atoms with Crippen molar-refractivity contribution in [3.63, 3.8) is 0 Å². The van der Waals surface area contributed by atoms with Crippen LogP contribution in [0.3, 0.4) is 0 Å². The lowest BCUT2D eigenvalue weighted by molar-refractivity contribution is -0.131. The molecule has 142 valence electrons. The molecule has 1 amide bonds. The van der Waals surface area contributed by atoms with Crippen LogP contribution in [0.5, 0.6) is 0 Å². The zero-order chi connectivity index (χ0) is 18.6. The number of carbonyl (C=O) groups is 1. The summed E-state index contributed by atoms with van der Waals surface area (Å²) in [6, 6.07) is 6.54. The predicted octanol–water partition coefficient (Wildman–Crippen LogP) is 1.95. The maximum Gasteiger partial charge on any atom is 0.226 e. The monoisotopic (exact) mass is 380 g/mol. The van der Waals surface area contributed by atoms with E-state index in [2.05, 4.69) is 4.90 Å². The van der Waals surface area contributed by atoms with E-state index in [0.29, 0.717) is 25.6 Å². The summed E-state index contributed by atoms with van der Waals surface area (Å²) in [5.74, 6) is 0.330. The Balaban J connectivity index is 1.43. The van der Waals surface area contributed by atoms with Crippen molar-refractivity contribution in [3.05, 3.63) is 41.7 Å². The second kappa shape index (κ2) is 8.31. The zero-order valence-electron chi connectivity index (χ0n) is 14.8. The molecule has 7 heteroatoms. The van der Waals surface area contributed by atoms with Gasteiger partial charge in [0.05, 0.1) is 11.5 Å². The molecule has 1 aromatic carbocycles. The van der Waals surface area contributed by atoms with Crippen molar-refractivity contribution < 1.29 is 17.6 Å². The fourth-order valence-corrected chi connectivity index (χ4v) is 4.80. The van der Waals surface area contributed by atoms with Crippen LogP contribution >= 0.6 is 0 Å². The van der Waals surface area contributed by atoms with Crippen LogP contribution in [0.15, 0.2) is 30.3 Å². The smallest absolute Gasteiger partial charge is 0.226 e. The third-order valence-corrected chi connectivity index (χ3v) is 6.79. The molecule has 2 fully saturated rings. The van der Waals surface area contributed by atoms with E-state index in [-0.39, 0.29) is 23.2 Å². The van der Waals surface area contributed by atoms with Crippen LogP contribution in [-0.4, -0.2) is 67.9 Å². The molecule has 0 N–H and O–H groups in total. The van der Waals surface area contributed by atoms with Crippen molar-refractivity contribution in [1.82, 2.24) is 9.80 Å². The van der Waals surface area contributed by atoms with E-state index < -0.39 is 9.84 Å². The Kier molecular flexibility index (Phi) is 6.09. The number of hydrogen-bond acceptors (Lipinski definition) is 4. The van der Waals surface area contributed by atoms with Crippen LogP contribution < -0.4 is 0 Å². The normalized spacial score (nSPS) is 22.0. The average Bonchev–Trinajstić information content (AvgIpc) is 2.63. The molecule has 0 saturated carbocycles. The maximum absolute atomic E-state index is 12.9. The van der Waals surface area contributed by atoms with Gasteiger partial charge in [0.25, 0.3) is 0 Å². The van der Waals surface area contributed by atoms with Gasteiger partial charge < -0.3 is 4.90 Å². The summed E-state index contributed by atoms with van der Waals surface area (Å²) in [5, 5.41) is 0. The molecule has 0 spiro atoms. The lowest BCUT2D eigenvalue weighted by Gasteiger charge is -2.40. The third kappa shape index (κ3) is 5.14. The Morgan fingerprint density at radius 2 is 1.69 bits per heavy atom. The van der Waals surface area contributed by atoms with Gasteiger partial charge in [-0.2, -0.15) is 0 Å². The number of likely N-dealkylation sites (tertiary alicyclic amines) is 1. The molecule has 0 bridgehead atoms. The van der Waals surface area contributed by atoms with Crippen LogP contribution in [0.25, 0.3) is 6.08 Å². The van der Waals surface area contributed by atoms with Crippen molar-refractivity contribution in [1.29, 1.82) is 0 Å². The van der Waals surface area contributed by atoms with Gasteiger partial charge in [-0.1, -0.05) is 24.3 Å². The highest BCUT2D eigenvalue weighted by atomic mass is 32.2. The number of halogens is 1. The summed E-state index contributed by atoms with van der Waals surface area (Å²) in [5.41, 5.74) is 0.873. The quantitative estimate of drug-likeness (QED) is 0.801. The first kappa shape index (κ1) is 19.0. The average molecular weight is 380 g/mol. The summed E-state index contributed by atoms with van der Waals surface area (Å²) < 4.78 is 35.9. The summed E-state index contributed by atoms with van der Waals surface area (Å²) in [7, 11) is -2.85. The highest BCUT2D eigenvalue weighted by Gasteiger charge is 2.30. The number of rotatable bonds is 4. The summed E-state index contributed by atoms with van der Waals surface area (Å²) in [6.07, 6.45) is 5.78. The van der Waals surface area contributed by atoms with E-state index in [4.69, 9.17) is 0 Å². The molecule has 26 heavy (non-hydrogen) atoms. The molecule has 3 rings (SSSR count). The predicted molar refractivity (Wildman–Crippen MR) is 99.9 cm³/mol. The van der Waals surface area contributed by atoms with E-state index >= 15 is 0 Å². The molecule has 2 aliphatic rings. The van der Waals surface area contributed by atoms with Gasteiger partial charge >= 0.3 is 0 Å². The number of sulfone groups is 1. The molecule has 0 aliphatic carbocycles. The van der Waals surface area contributed by atoms with Crippen LogP contribution in [-0.2, 0) is 14.6 Å². The summed E-state index contributed by atoms with van der Waals surface area (Å²) in [4.78, 5) is 16.5. The third-order valence-electron chi connectivity index (χ3n) is 5.19. The first-order valence-electron chi connectivity index (χ1n) is 9.07. The molecule has 0 atom stereocenters. The van der Waals surface area contributed by atoms with Gasteiger partial charge in [0, 0.05) is 38.6 Å². The molecule has 2 saturated heterocycles. The Bertz CT molecular complexity index is 739. The first-order valence-corrected chi connectivity index (χ1v) is 10.9. The Morgan fingerprint density at radius 3 is 2.31 bits per heavy atom. The van der Waals surface area contributed by atoms with Crippen molar-refractivity contribution in [2.24, 2.45) is 0 Å². The van der Waals surface area contributed by atoms with E-state index in [0.717, 1.165) is 31.5 Å². The van der Waals surface area contributed by atoms with Gasteiger partial charge in [0.15, 0.2) is 9.84 Å². The topological polar surface area (TPSA) is 57.7 Å². The minimum absolute atomic E-state index is 0.100. The molecule has 2 aliphatic heterocycles. The van der Waals surface area contributed by atoms with Crippen LogP contribution in [0.4, 0.5) is 4.39 Å². The lowest BCUT2D eigenvalue weighted by Crippen LogP contribution is -2.51. The second-order valence-corrected chi connectivity index (χ2v) is 9.26. The number of piperidine rings is 1. The van der Waals surface area contributed by atoms with E-state index in [1.54, 1.807) is 12.1 Å².